The first-order chi connectivity index (χ1) is 13.2. The van der Waals surface area contributed by atoms with E-state index in [1.807, 2.05) is 11.7 Å². The summed E-state index contributed by atoms with van der Waals surface area (Å²) in [6.07, 6.45) is 8.33. The van der Waals surface area contributed by atoms with E-state index < -0.39 is 0 Å². The molecule has 2 aromatic carbocycles. The van der Waals surface area contributed by atoms with Crippen LogP contribution in [-0.4, -0.2) is 25.0 Å². The average Bonchev–Trinajstić information content (AvgIpc) is 3.09. The third kappa shape index (κ3) is 2.97. The van der Waals surface area contributed by atoms with Gasteiger partial charge in [-0.25, -0.2) is 4.98 Å². The lowest BCUT2D eigenvalue weighted by atomic mass is 9.89. The molecule has 0 saturated heterocycles. The van der Waals surface area contributed by atoms with E-state index in [4.69, 9.17) is 4.98 Å². The Bertz CT molecular complexity index is 1140. The highest BCUT2D eigenvalue weighted by Crippen LogP contribution is 2.32. The molecule has 27 heavy (non-hydrogen) atoms. The van der Waals surface area contributed by atoms with Crippen LogP contribution >= 0.6 is 0 Å². The first-order valence-electron chi connectivity index (χ1n) is 9.76. The second kappa shape index (κ2) is 6.41. The topological polar surface area (TPSA) is 56.5 Å². The van der Waals surface area contributed by atoms with Gasteiger partial charge in [-0.3, -0.25) is 4.68 Å². The highest BCUT2D eigenvalue weighted by molar-refractivity contribution is 5.89. The Balaban J connectivity index is 1.54. The van der Waals surface area contributed by atoms with Crippen molar-refractivity contribution in [3.63, 3.8) is 0 Å². The minimum absolute atomic E-state index is 0.478. The van der Waals surface area contributed by atoms with Crippen molar-refractivity contribution >= 4 is 21.9 Å². The van der Waals surface area contributed by atoms with E-state index in [9.17, 15) is 0 Å². The predicted octanol–water partition coefficient (Wildman–Crippen LogP) is 4.93. The van der Waals surface area contributed by atoms with Crippen LogP contribution in [0.25, 0.3) is 33.1 Å². The molecule has 5 nitrogen and oxygen atoms in total. The van der Waals surface area contributed by atoms with Crippen LogP contribution in [0.4, 0.5) is 0 Å². The summed E-state index contributed by atoms with van der Waals surface area (Å²) >= 11 is 0. The van der Waals surface area contributed by atoms with Crippen LogP contribution in [0, 0.1) is 6.92 Å². The summed E-state index contributed by atoms with van der Waals surface area (Å²) in [4.78, 5) is 4.82. The van der Waals surface area contributed by atoms with Gasteiger partial charge in [0, 0.05) is 24.5 Å². The van der Waals surface area contributed by atoms with Crippen LogP contribution in [0.2, 0.25) is 0 Å². The van der Waals surface area contributed by atoms with Crippen molar-refractivity contribution in [2.45, 2.75) is 44.9 Å². The van der Waals surface area contributed by atoms with Gasteiger partial charge in [-0.15, -0.1) is 10.2 Å². The van der Waals surface area contributed by atoms with Gasteiger partial charge in [0.05, 0.1) is 11.0 Å². The molecular formula is C22H23N5. The molecule has 0 radical (unpaired) electrons. The summed E-state index contributed by atoms with van der Waals surface area (Å²) in [5.74, 6) is 1.40. The van der Waals surface area contributed by atoms with E-state index in [1.54, 1.807) is 0 Å². The fraction of sp³-hybridized carbons (Fsp3) is 0.364. The number of benzene rings is 2. The number of nitrogens with zero attached hydrogens (tertiary/aromatic N) is 5. The minimum Gasteiger partial charge on any atom is -0.275 e. The van der Waals surface area contributed by atoms with E-state index in [1.165, 1.54) is 43.2 Å². The second-order valence-corrected chi connectivity index (χ2v) is 7.74. The summed E-state index contributed by atoms with van der Waals surface area (Å²) in [5.41, 5.74) is 6.34. The lowest BCUT2D eigenvalue weighted by Gasteiger charge is -2.19. The van der Waals surface area contributed by atoms with Crippen molar-refractivity contribution in [2.75, 3.05) is 0 Å². The van der Waals surface area contributed by atoms with Gasteiger partial charge in [0.2, 0.25) is 0 Å². The van der Waals surface area contributed by atoms with Gasteiger partial charge in [-0.1, -0.05) is 25.3 Å². The fourth-order valence-corrected chi connectivity index (χ4v) is 4.26. The first-order valence-corrected chi connectivity index (χ1v) is 9.76. The molecule has 0 N–H and O–H groups in total. The van der Waals surface area contributed by atoms with Gasteiger partial charge >= 0.3 is 0 Å². The second-order valence-electron chi connectivity index (χ2n) is 7.74. The molecule has 1 aliphatic rings. The molecule has 0 unspecified atom stereocenters. The summed E-state index contributed by atoms with van der Waals surface area (Å²) in [6, 6.07) is 10.7. The maximum Gasteiger partial charge on any atom is 0.154 e. The quantitative estimate of drug-likeness (QED) is 0.510. The highest BCUT2D eigenvalue weighted by Gasteiger charge is 2.19. The third-order valence-corrected chi connectivity index (χ3v) is 5.69. The maximum atomic E-state index is 4.82. The number of rotatable bonds is 2. The molecule has 0 atom stereocenters. The average molecular weight is 357 g/mol. The fourth-order valence-electron chi connectivity index (χ4n) is 4.26. The number of aromatic nitrogens is 5. The zero-order chi connectivity index (χ0) is 18.4. The van der Waals surface area contributed by atoms with Gasteiger partial charge in [0.15, 0.2) is 5.82 Å². The van der Waals surface area contributed by atoms with Crippen molar-refractivity contribution in [1.82, 2.24) is 25.0 Å². The van der Waals surface area contributed by atoms with Crippen molar-refractivity contribution < 1.29 is 0 Å². The minimum atomic E-state index is 0.478. The summed E-state index contributed by atoms with van der Waals surface area (Å²) < 4.78 is 1.87. The molecule has 4 aromatic rings. The van der Waals surface area contributed by atoms with E-state index in [0.717, 1.165) is 33.3 Å². The van der Waals surface area contributed by atoms with Gasteiger partial charge in [0.1, 0.15) is 5.52 Å². The molecule has 136 valence electrons. The Hall–Kier alpha value is -2.82. The summed E-state index contributed by atoms with van der Waals surface area (Å²) in [5, 5.41) is 14.7. The van der Waals surface area contributed by atoms with Gasteiger partial charge < -0.3 is 0 Å². The molecule has 0 spiro atoms. The Morgan fingerprint density at radius 1 is 0.926 bits per heavy atom. The molecule has 0 aliphatic heterocycles. The molecule has 0 bridgehead atoms. The van der Waals surface area contributed by atoms with Gasteiger partial charge in [-0.2, -0.15) is 5.10 Å². The van der Waals surface area contributed by atoms with Crippen molar-refractivity contribution in [3.8, 4) is 11.1 Å². The molecule has 1 fully saturated rings. The van der Waals surface area contributed by atoms with Crippen LogP contribution < -0.4 is 0 Å². The molecule has 2 aromatic heterocycles. The molecule has 1 aliphatic carbocycles. The van der Waals surface area contributed by atoms with E-state index in [0.29, 0.717) is 5.92 Å². The monoisotopic (exact) mass is 357 g/mol. The van der Waals surface area contributed by atoms with Crippen LogP contribution in [-0.2, 0) is 7.05 Å². The van der Waals surface area contributed by atoms with E-state index >= 15 is 0 Å². The lowest BCUT2D eigenvalue weighted by molar-refractivity contribution is 0.426. The Kier molecular flexibility index (Phi) is 3.88. The van der Waals surface area contributed by atoms with Crippen LogP contribution in [0.1, 0.15) is 49.4 Å². The first kappa shape index (κ1) is 16.4. The van der Waals surface area contributed by atoms with Crippen LogP contribution in [0.15, 0.2) is 36.5 Å². The number of hydrogen-bond acceptors (Lipinski definition) is 4. The lowest BCUT2D eigenvalue weighted by Crippen LogP contribution is -2.09. The Labute approximate surface area is 158 Å². The highest BCUT2D eigenvalue weighted by atomic mass is 15.2. The number of fused-ring (bicyclic) bond motifs is 2. The normalized spacial score (nSPS) is 15.6. The standard InChI is InChI=1S/C22H23N5/c1-14-10-17(11-18-13-27(2)26-21(14)18)16-8-9-19-20(12-16)24-25-22(23-19)15-6-4-3-5-7-15/h8-13,15H,3-7H2,1-2H3. The maximum absolute atomic E-state index is 4.82. The van der Waals surface area contributed by atoms with Crippen molar-refractivity contribution in [2.24, 2.45) is 7.05 Å². The zero-order valence-electron chi connectivity index (χ0n) is 15.8. The predicted molar refractivity (Wildman–Crippen MR) is 108 cm³/mol. The van der Waals surface area contributed by atoms with Crippen LogP contribution in [0.3, 0.4) is 0 Å². The number of hydrogen-bond donors (Lipinski definition) is 0. The Morgan fingerprint density at radius 2 is 1.78 bits per heavy atom. The van der Waals surface area contributed by atoms with Crippen molar-refractivity contribution in [3.05, 3.63) is 47.9 Å². The Morgan fingerprint density at radius 3 is 2.63 bits per heavy atom. The molecule has 5 heteroatoms. The summed E-state index contributed by atoms with van der Waals surface area (Å²) in [7, 11) is 1.96. The molecule has 0 amide bonds. The molecule has 5 rings (SSSR count). The molecule has 2 heterocycles. The molecular weight excluding hydrogens is 334 g/mol. The van der Waals surface area contributed by atoms with Gasteiger partial charge in [0.25, 0.3) is 0 Å². The summed E-state index contributed by atoms with van der Waals surface area (Å²) in [6.45, 7) is 2.11. The molecule has 1 saturated carbocycles. The smallest absolute Gasteiger partial charge is 0.154 e. The van der Waals surface area contributed by atoms with Crippen LogP contribution in [0.5, 0.6) is 0 Å². The third-order valence-electron chi connectivity index (χ3n) is 5.69. The van der Waals surface area contributed by atoms with E-state index in [-0.39, 0.29) is 0 Å². The van der Waals surface area contributed by atoms with Gasteiger partial charge in [-0.05, 0) is 60.7 Å². The number of aryl methyl sites for hydroxylation is 2. The zero-order valence-corrected chi connectivity index (χ0v) is 15.8. The largest absolute Gasteiger partial charge is 0.275 e. The van der Waals surface area contributed by atoms with E-state index in [2.05, 4.69) is 58.7 Å². The van der Waals surface area contributed by atoms with Crippen molar-refractivity contribution in [1.29, 1.82) is 0 Å². The SMILES string of the molecule is Cc1cc(-c2ccc3nc(C4CCCCC4)nnc3c2)cc2cn(C)nc12.